The summed E-state index contributed by atoms with van der Waals surface area (Å²) in [5.41, 5.74) is 0.548. The second-order valence-corrected chi connectivity index (χ2v) is 11.6. The molecule has 1 heterocycles. The maximum Gasteiger partial charge on any atom is 0.414 e. The Morgan fingerprint density at radius 3 is 2.12 bits per heavy atom. The molecule has 12 heteroatoms. The third kappa shape index (κ3) is 7.72. The fourth-order valence-corrected chi connectivity index (χ4v) is 4.76. The summed E-state index contributed by atoms with van der Waals surface area (Å²) in [6.07, 6.45) is -0.308. The molecule has 3 aromatic carbocycles. The van der Waals surface area contributed by atoms with Gasteiger partial charge in [0.05, 0.1) is 10.9 Å². The number of nitrogens with zero attached hydrogens (tertiary/aromatic N) is 2. The minimum absolute atomic E-state index is 0.0864. The van der Waals surface area contributed by atoms with E-state index in [2.05, 4.69) is 5.32 Å². The number of amides is 4. The van der Waals surface area contributed by atoms with Gasteiger partial charge in [0.15, 0.2) is 5.75 Å². The molecule has 3 aromatic rings. The number of hydrogen-bond donors (Lipinski definition) is 2. The number of nitrogens with one attached hydrogen (secondary N) is 1. The zero-order valence-electron chi connectivity index (χ0n) is 23.7. The molecule has 42 heavy (non-hydrogen) atoms. The number of rotatable bonds is 8. The molecule has 0 saturated carbocycles. The predicted molar refractivity (Wildman–Crippen MR) is 158 cm³/mol. The number of imide groups is 1. The first-order valence-corrected chi connectivity index (χ1v) is 13.8. The molecule has 0 aliphatic carbocycles. The number of benzene rings is 3. The smallest absolute Gasteiger partial charge is 0.414 e. The Balaban J connectivity index is 1.62. The van der Waals surface area contributed by atoms with E-state index in [0.717, 1.165) is 22.4 Å². The van der Waals surface area contributed by atoms with Crippen LogP contribution < -0.4 is 24.9 Å². The highest BCUT2D eigenvalue weighted by atomic mass is 32.2. The van der Waals surface area contributed by atoms with Crippen molar-refractivity contribution in [3.63, 3.8) is 0 Å². The normalized spacial score (nSPS) is 14.6. The van der Waals surface area contributed by atoms with Crippen molar-refractivity contribution in [1.82, 2.24) is 5.32 Å². The van der Waals surface area contributed by atoms with Gasteiger partial charge in [-0.05, 0) is 81.3 Å². The molecular formula is C30H31N3O8S. The van der Waals surface area contributed by atoms with Crippen LogP contribution in [-0.2, 0) is 20.7 Å². The summed E-state index contributed by atoms with van der Waals surface area (Å²) < 4.78 is 11.5. The minimum Gasteiger partial charge on any atom is -0.508 e. The Kier molecular flexibility index (Phi) is 8.96. The first-order valence-electron chi connectivity index (χ1n) is 13.0. The summed E-state index contributed by atoms with van der Waals surface area (Å²) in [4.78, 5) is 56.4. The number of phenols is 1. The number of carbonyl (C=O) groups excluding carboxylic acids is 4. The van der Waals surface area contributed by atoms with E-state index in [1.165, 1.54) is 31.0 Å². The first-order chi connectivity index (χ1) is 19.8. The van der Waals surface area contributed by atoms with Crippen LogP contribution in [0.15, 0.2) is 66.7 Å². The highest BCUT2D eigenvalue weighted by Crippen LogP contribution is 2.36. The molecule has 1 saturated heterocycles. The quantitative estimate of drug-likeness (QED) is 0.311. The Labute approximate surface area is 247 Å². The number of thioether (sulfide) groups is 1. The van der Waals surface area contributed by atoms with Crippen molar-refractivity contribution in [1.29, 1.82) is 0 Å². The lowest BCUT2D eigenvalue weighted by molar-refractivity contribution is -0.120. The minimum atomic E-state index is -0.769. The Morgan fingerprint density at radius 1 is 0.929 bits per heavy atom. The van der Waals surface area contributed by atoms with Crippen LogP contribution in [0.4, 0.5) is 21.0 Å². The standard InChI is InChI=1S/C30H31N3O8S/c1-18(34)33(41-22-10-6-19(7-11-22)16-26-27(36)31-28(37)42-26)24-15-14-23(39-21-12-8-20(35)9-13-21)17-25(24)32(5)29(38)40-30(2,3)4/h6-15,17,26,35H,16H2,1-5H3,(H,31,36,37). The third-order valence-corrected chi connectivity index (χ3v) is 6.84. The van der Waals surface area contributed by atoms with Gasteiger partial charge in [0.2, 0.25) is 5.91 Å². The molecule has 0 spiro atoms. The highest BCUT2D eigenvalue weighted by Gasteiger charge is 2.31. The van der Waals surface area contributed by atoms with E-state index in [0.29, 0.717) is 23.7 Å². The Hall–Kier alpha value is -4.71. The maximum atomic E-state index is 13.0. The van der Waals surface area contributed by atoms with Crippen LogP contribution in [0, 0.1) is 0 Å². The van der Waals surface area contributed by atoms with E-state index in [1.807, 2.05) is 0 Å². The van der Waals surface area contributed by atoms with Crippen LogP contribution in [0.25, 0.3) is 0 Å². The van der Waals surface area contributed by atoms with Gasteiger partial charge >= 0.3 is 6.09 Å². The number of hydroxylamine groups is 1. The zero-order chi connectivity index (χ0) is 30.6. The van der Waals surface area contributed by atoms with Gasteiger partial charge in [-0.3, -0.25) is 24.6 Å². The van der Waals surface area contributed by atoms with Crippen LogP contribution in [0.1, 0.15) is 33.3 Å². The van der Waals surface area contributed by atoms with E-state index < -0.39 is 22.9 Å². The fourth-order valence-electron chi connectivity index (χ4n) is 3.90. The average molecular weight is 594 g/mol. The number of hydrogen-bond acceptors (Lipinski definition) is 9. The molecule has 11 nitrogen and oxygen atoms in total. The topological polar surface area (TPSA) is 135 Å². The largest absolute Gasteiger partial charge is 0.508 e. The average Bonchev–Trinajstić information content (AvgIpc) is 3.24. The molecule has 220 valence electrons. The number of carbonyl (C=O) groups is 4. The molecule has 1 aliphatic rings. The lowest BCUT2D eigenvalue weighted by Gasteiger charge is -2.29. The van der Waals surface area contributed by atoms with Crippen molar-refractivity contribution in [3.8, 4) is 23.0 Å². The maximum absolute atomic E-state index is 13.0. The van der Waals surface area contributed by atoms with Crippen LogP contribution in [0.5, 0.6) is 23.0 Å². The van der Waals surface area contributed by atoms with Gasteiger partial charge in [-0.25, -0.2) is 4.79 Å². The van der Waals surface area contributed by atoms with Crippen molar-refractivity contribution < 1.29 is 38.6 Å². The summed E-state index contributed by atoms with van der Waals surface area (Å²) in [7, 11) is 1.51. The van der Waals surface area contributed by atoms with Gasteiger partial charge in [-0.15, -0.1) is 5.06 Å². The Morgan fingerprint density at radius 2 is 1.55 bits per heavy atom. The Bertz CT molecular complexity index is 1490. The van der Waals surface area contributed by atoms with Crippen LogP contribution in [0.3, 0.4) is 0 Å². The molecule has 2 N–H and O–H groups in total. The lowest BCUT2D eigenvalue weighted by Crippen LogP contribution is -2.37. The highest BCUT2D eigenvalue weighted by molar-refractivity contribution is 8.15. The summed E-state index contributed by atoms with van der Waals surface area (Å²) >= 11 is 0.949. The zero-order valence-corrected chi connectivity index (χ0v) is 24.6. The molecule has 0 bridgehead atoms. The SMILES string of the molecule is CC(=O)N(Oc1ccc(CC2SC(=O)NC2=O)cc1)c1ccc(Oc2ccc(O)cc2)cc1N(C)C(=O)OC(C)(C)C. The number of anilines is 2. The van der Waals surface area contributed by atoms with Gasteiger partial charge in [-0.2, -0.15) is 0 Å². The summed E-state index contributed by atoms with van der Waals surface area (Å²) in [6, 6.07) is 17.7. The second kappa shape index (κ2) is 12.4. The molecule has 0 radical (unpaired) electrons. The third-order valence-electron chi connectivity index (χ3n) is 5.86. The fraction of sp³-hybridized carbons (Fsp3) is 0.267. The number of ether oxygens (including phenoxy) is 2. The lowest BCUT2D eigenvalue weighted by atomic mass is 10.1. The van der Waals surface area contributed by atoms with Crippen molar-refractivity contribution in [2.24, 2.45) is 0 Å². The van der Waals surface area contributed by atoms with E-state index >= 15 is 0 Å². The molecule has 1 atom stereocenters. The van der Waals surface area contributed by atoms with Gasteiger partial charge in [0.25, 0.3) is 11.1 Å². The number of aromatic hydroxyl groups is 1. The second-order valence-electron chi connectivity index (χ2n) is 10.4. The van der Waals surface area contributed by atoms with E-state index in [-0.39, 0.29) is 28.3 Å². The molecular weight excluding hydrogens is 562 g/mol. The summed E-state index contributed by atoms with van der Waals surface area (Å²) in [6.45, 7) is 6.55. The van der Waals surface area contributed by atoms with E-state index in [1.54, 1.807) is 75.4 Å². The van der Waals surface area contributed by atoms with E-state index in [9.17, 15) is 24.3 Å². The predicted octanol–water partition coefficient (Wildman–Crippen LogP) is 5.80. The van der Waals surface area contributed by atoms with Gasteiger partial charge in [0.1, 0.15) is 28.5 Å². The summed E-state index contributed by atoms with van der Waals surface area (Å²) in [5, 5.41) is 12.0. The van der Waals surface area contributed by atoms with Gasteiger partial charge in [0, 0.05) is 20.0 Å². The van der Waals surface area contributed by atoms with Crippen LogP contribution >= 0.6 is 11.8 Å². The van der Waals surface area contributed by atoms with Crippen molar-refractivity contribution in [3.05, 3.63) is 72.3 Å². The molecule has 4 rings (SSSR count). The van der Waals surface area contributed by atoms with Crippen molar-refractivity contribution in [2.45, 2.75) is 45.0 Å². The van der Waals surface area contributed by atoms with Gasteiger partial charge < -0.3 is 19.4 Å². The first kappa shape index (κ1) is 30.3. The molecule has 1 fully saturated rings. The number of phenolic OH excluding ortho intramolecular Hbond substituents is 1. The molecule has 1 aliphatic heterocycles. The molecule has 0 aromatic heterocycles. The van der Waals surface area contributed by atoms with Gasteiger partial charge in [-0.1, -0.05) is 23.9 Å². The van der Waals surface area contributed by atoms with E-state index in [4.69, 9.17) is 14.3 Å². The molecule has 4 amide bonds. The van der Waals surface area contributed by atoms with Crippen LogP contribution in [0.2, 0.25) is 0 Å². The van der Waals surface area contributed by atoms with Crippen LogP contribution in [-0.4, -0.2) is 46.2 Å². The van der Waals surface area contributed by atoms with Crippen molar-refractivity contribution in [2.75, 3.05) is 17.0 Å². The van der Waals surface area contributed by atoms with Crippen molar-refractivity contribution >= 4 is 46.3 Å². The molecule has 1 unspecified atom stereocenters. The monoisotopic (exact) mass is 593 g/mol. The summed E-state index contributed by atoms with van der Waals surface area (Å²) in [5.74, 6) is 0.418.